The van der Waals surface area contributed by atoms with Crippen molar-refractivity contribution in [3.63, 3.8) is 0 Å². The third-order valence-corrected chi connectivity index (χ3v) is 4.81. The second-order valence-electron chi connectivity index (χ2n) is 6.68. The lowest BCUT2D eigenvalue weighted by atomic mass is 10.2. The van der Waals surface area contributed by atoms with Gasteiger partial charge >= 0.3 is 0 Å². The van der Waals surface area contributed by atoms with Gasteiger partial charge in [-0.1, -0.05) is 30.3 Å². The molecule has 26 heavy (non-hydrogen) atoms. The maximum Gasteiger partial charge on any atom is 0.279 e. The summed E-state index contributed by atoms with van der Waals surface area (Å²) in [7, 11) is 0. The zero-order chi connectivity index (χ0) is 18.4. The number of carbonyl (C=O) groups is 1. The van der Waals surface area contributed by atoms with Crippen LogP contribution in [0.5, 0.6) is 5.75 Å². The first-order valence-corrected chi connectivity index (χ1v) is 9.33. The molecule has 2 N–H and O–H groups in total. The normalized spacial score (nSPS) is 14.9. The molecular formula is C21H28N3O2+. The summed E-state index contributed by atoms with van der Waals surface area (Å²) in [5.74, 6) is 1.02. The summed E-state index contributed by atoms with van der Waals surface area (Å²) in [4.78, 5) is 16.0. The molecule has 1 fully saturated rings. The molecule has 0 saturated carbocycles. The molecule has 5 heteroatoms. The Labute approximate surface area is 155 Å². The van der Waals surface area contributed by atoms with Crippen molar-refractivity contribution in [3.8, 4) is 5.75 Å². The number of nitrogens with zero attached hydrogens (tertiary/aromatic N) is 1. The number of quaternary nitrogens is 1. The van der Waals surface area contributed by atoms with Crippen LogP contribution in [0.4, 0.5) is 11.4 Å². The molecule has 0 aromatic heterocycles. The SMILES string of the molecule is CCOc1ccccc1N1CC[NH+](CC(=O)Nc2ccccc2C)CC1. The number of benzene rings is 2. The van der Waals surface area contributed by atoms with E-state index >= 15 is 0 Å². The number of hydrogen-bond acceptors (Lipinski definition) is 3. The quantitative estimate of drug-likeness (QED) is 0.831. The number of amides is 1. The van der Waals surface area contributed by atoms with E-state index in [2.05, 4.69) is 16.3 Å². The Kier molecular flexibility index (Phi) is 6.12. The van der Waals surface area contributed by atoms with Gasteiger partial charge in [-0.15, -0.1) is 0 Å². The van der Waals surface area contributed by atoms with E-state index in [4.69, 9.17) is 4.74 Å². The average Bonchev–Trinajstić information content (AvgIpc) is 2.65. The molecule has 2 aromatic rings. The van der Waals surface area contributed by atoms with Crippen LogP contribution in [0, 0.1) is 6.92 Å². The second kappa shape index (κ2) is 8.72. The van der Waals surface area contributed by atoms with Crippen LogP contribution in [0.25, 0.3) is 0 Å². The third-order valence-electron chi connectivity index (χ3n) is 4.81. The molecule has 0 bridgehead atoms. The highest BCUT2D eigenvalue weighted by molar-refractivity contribution is 5.92. The lowest BCUT2D eigenvalue weighted by Gasteiger charge is -2.34. The predicted octanol–water partition coefficient (Wildman–Crippen LogP) is 1.74. The van der Waals surface area contributed by atoms with Crippen LogP contribution in [-0.2, 0) is 4.79 Å². The molecule has 138 valence electrons. The monoisotopic (exact) mass is 354 g/mol. The number of anilines is 2. The molecule has 0 atom stereocenters. The zero-order valence-electron chi connectivity index (χ0n) is 15.6. The second-order valence-corrected chi connectivity index (χ2v) is 6.68. The van der Waals surface area contributed by atoms with Crippen LogP contribution in [-0.4, -0.2) is 45.2 Å². The lowest BCUT2D eigenvalue weighted by Crippen LogP contribution is -3.15. The third kappa shape index (κ3) is 4.55. The molecule has 5 nitrogen and oxygen atoms in total. The molecule has 0 unspecified atom stereocenters. The fraction of sp³-hybridized carbons (Fsp3) is 0.381. The van der Waals surface area contributed by atoms with E-state index in [1.165, 1.54) is 4.90 Å². The standard InChI is InChI=1S/C21H27N3O2/c1-3-26-20-11-7-6-10-19(20)24-14-12-23(13-15-24)16-21(25)22-18-9-5-4-8-17(18)2/h4-11H,3,12-16H2,1-2H3,(H,22,25)/p+1. The van der Waals surface area contributed by atoms with E-state index in [0.29, 0.717) is 13.2 Å². The van der Waals surface area contributed by atoms with Crippen molar-refractivity contribution in [2.45, 2.75) is 13.8 Å². The Morgan fingerprint density at radius 2 is 1.81 bits per heavy atom. The molecule has 1 amide bonds. The Bertz CT molecular complexity index is 740. The Morgan fingerprint density at radius 1 is 1.12 bits per heavy atom. The minimum Gasteiger partial charge on any atom is -0.492 e. The van der Waals surface area contributed by atoms with Gasteiger partial charge in [-0.05, 0) is 37.6 Å². The van der Waals surface area contributed by atoms with Crippen molar-refractivity contribution in [2.75, 3.05) is 49.5 Å². The van der Waals surface area contributed by atoms with Gasteiger partial charge < -0.3 is 19.9 Å². The summed E-state index contributed by atoms with van der Waals surface area (Å²) in [5, 5.41) is 3.03. The molecule has 2 aromatic carbocycles. The summed E-state index contributed by atoms with van der Waals surface area (Å²) in [6.07, 6.45) is 0. The lowest BCUT2D eigenvalue weighted by molar-refractivity contribution is -0.892. The summed E-state index contributed by atoms with van der Waals surface area (Å²) in [6.45, 7) is 8.94. The van der Waals surface area contributed by atoms with Gasteiger partial charge in [0.25, 0.3) is 5.91 Å². The van der Waals surface area contributed by atoms with E-state index in [1.54, 1.807) is 0 Å². The highest BCUT2D eigenvalue weighted by Gasteiger charge is 2.24. The van der Waals surface area contributed by atoms with Crippen molar-refractivity contribution < 1.29 is 14.4 Å². The van der Waals surface area contributed by atoms with Gasteiger partial charge in [0.15, 0.2) is 6.54 Å². The van der Waals surface area contributed by atoms with Crippen LogP contribution in [0.2, 0.25) is 0 Å². The largest absolute Gasteiger partial charge is 0.492 e. The Hall–Kier alpha value is -2.53. The van der Waals surface area contributed by atoms with Crippen molar-refractivity contribution >= 4 is 17.3 Å². The number of rotatable bonds is 6. The predicted molar refractivity (Wildman–Crippen MR) is 105 cm³/mol. The average molecular weight is 354 g/mol. The van der Waals surface area contributed by atoms with Crippen LogP contribution in [0.1, 0.15) is 12.5 Å². The van der Waals surface area contributed by atoms with Crippen molar-refractivity contribution in [2.24, 2.45) is 0 Å². The van der Waals surface area contributed by atoms with Crippen LogP contribution < -0.4 is 19.9 Å². The zero-order valence-corrected chi connectivity index (χ0v) is 15.6. The number of hydrogen-bond donors (Lipinski definition) is 2. The molecular weight excluding hydrogens is 326 g/mol. The molecule has 1 aliphatic rings. The maximum absolute atomic E-state index is 12.4. The number of nitrogens with one attached hydrogen (secondary N) is 2. The highest BCUT2D eigenvalue weighted by atomic mass is 16.5. The van der Waals surface area contributed by atoms with Gasteiger partial charge in [-0.25, -0.2) is 0 Å². The van der Waals surface area contributed by atoms with E-state index in [0.717, 1.165) is 48.9 Å². The first-order valence-electron chi connectivity index (χ1n) is 9.33. The fourth-order valence-electron chi connectivity index (χ4n) is 3.37. The number of aryl methyl sites for hydroxylation is 1. The Balaban J connectivity index is 1.53. The van der Waals surface area contributed by atoms with E-state index < -0.39 is 0 Å². The van der Waals surface area contributed by atoms with Gasteiger partial charge in [-0.2, -0.15) is 0 Å². The summed E-state index contributed by atoms with van der Waals surface area (Å²) < 4.78 is 5.75. The van der Waals surface area contributed by atoms with Crippen molar-refractivity contribution in [1.82, 2.24) is 0 Å². The van der Waals surface area contributed by atoms with Crippen LogP contribution >= 0.6 is 0 Å². The smallest absolute Gasteiger partial charge is 0.279 e. The van der Waals surface area contributed by atoms with Gasteiger partial charge in [0, 0.05) is 5.69 Å². The number of piperazine rings is 1. The minimum atomic E-state index is 0.0810. The first kappa shape index (κ1) is 18.3. The van der Waals surface area contributed by atoms with E-state index in [1.807, 2.05) is 56.3 Å². The molecule has 1 heterocycles. The topological polar surface area (TPSA) is 46.0 Å². The van der Waals surface area contributed by atoms with Gasteiger partial charge in [0.05, 0.1) is 38.5 Å². The number of para-hydroxylation sites is 3. The van der Waals surface area contributed by atoms with Crippen molar-refractivity contribution in [1.29, 1.82) is 0 Å². The summed E-state index contributed by atoms with van der Waals surface area (Å²) in [6, 6.07) is 16.1. The molecule has 1 saturated heterocycles. The maximum atomic E-state index is 12.4. The first-order chi connectivity index (χ1) is 12.7. The highest BCUT2D eigenvalue weighted by Crippen LogP contribution is 2.27. The molecule has 3 rings (SSSR count). The number of carbonyl (C=O) groups excluding carboxylic acids is 1. The molecule has 0 spiro atoms. The van der Waals surface area contributed by atoms with Gasteiger partial charge in [0.2, 0.25) is 0 Å². The minimum absolute atomic E-state index is 0.0810. The number of ether oxygens (including phenoxy) is 1. The summed E-state index contributed by atoms with van der Waals surface area (Å²) in [5.41, 5.74) is 3.15. The van der Waals surface area contributed by atoms with E-state index in [9.17, 15) is 4.79 Å². The van der Waals surface area contributed by atoms with E-state index in [-0.39, 0.29) is 5.91 Å². The Morgan fingerprint density at radius 3 is 2.54 bits per heavy atom. The molecule has 0 aliphatic carbocycles. The van der Waals surface area contributed by atoms with Crippen LogP contribution in [0.3, 0.4) is 0 Å². The summed E-state index contributed by atoms with van der Waals surface area (Å²) >= 11 is 0. The fourth-order valence-corrected chi connectivity index (χ4v) is 3.37. The van der Waals surface area contributed by atoms with Crippen LogP contribution in [0.15, 0.2) is 48.5 Å². The van der Waals surface area contributed by atoms with Crippen molar-refractivity contribution in [3.05, 3.63) is 54.1 Å². The molecule has 1 aliphatic heterocycles. The van der Waals surface area contributed by atoms with Gasteiger partial charge in [-0.3, -0.25) is 4.79 Å². The van der Waals surface area contributed by atoms with Gasteiger partial charge in [0.1, 0.15) is 5.75 Å². The molecule has 0 radical (unpaired) electrons.